The maximum atomic E-state index is 13.6. The van der Waals surface area contributed by atoms with Gasteiger partial charge in [0.05, 0.1) is 17.5 Å². The molecular formula is C25H36N4O2. The predicted molar refractivity (Wildman–Crippen MR) is 120 cm³/mol. The first kappa shape index (κ1) is 19.9. The highest BCUT2D eigenvalue weighted by molar-refractivity contribution is 5.84. The SMILES string of the molecule is COC1CCN(CC2=C3C=CC=CN3C(C(=O)NC34CC5CC(CC(C5)C3)C4)N2)CC1. The zero-order chi connectivity index (χ0) is 21.0. The van der Waals surface area contributed by atoms with Crippen LogP contribution in [0.15, 0.2) is 35.8 Å². The van der Waals surface area contributed by atoms with E-state index < -0.39 is 0 Å². The summed E-state index contributed by atoms with van der Waals surface area (Å²) >= 11 is 0. The van der Waals surface area contributed by atoms with Crippen molar-refractivity contribution in [2.24, 2.45) is 17.8 Å². The number of fused-ring (bicyclic) bond motifs is 1. The molecule has 3 heterocycles. The molecule has 7 aliphatic rings. The third-order valence-electron chi connectivity index (χ3n) is 8.71. The van der Waals surface area contributed by atoms with E-state index in [2.05, 4.69) is 38.8 Å². The number of piperidine rings is 1. The normalized spacial score (nSPS) is 39.2. The van der Waals surface area contributed by atoms with Gasteiger partial charge in [-0.1, -0.05) is 6.08 Å². The molecule has 1 unspecified atom stereocenters. The molecule has 5 fully saturated rings. The van der Waals surface area contributed by atoms with Gasteiger partial charge in [0.1, 0.15) is 0 Å². The van der Waals surface area contributed by atoms with Gasteiger partial charge < -0.3 is 20.3 Å². The van der Waals surface area contributed by atoms with Crippen LogP contribution in [0.25, 0.3) is 0 Å². The Morgan fingerprint density at radius 1 is 1.13 bits per heavy atom. The molecule has 6 heteroatoms. The second kappa shape index (κ2) is 7.66. The summed E-state index contributed by atoms with van der Waals surface area (Å²) in [5, 5.41) is 7.19. The average molecular weight is 425 g/mol. The van der Waals surface area contributed by atoms with Gasteiger partial charge in [0.25, 0.3) is 5.91 Å². The van der Waals surface area contributed by atoms with Crippen molar-refractivity contribution in [1.82, 2.24) is 20.4 Å². The Labute approximate surface area is 185 Å². The van der Waals surface area contributed by atoms with E-state index in [0.717, 1.165) is 55.9 Å². The van der Waals surface area contributed by atoms with E-state index >= 15 is 0 Å². The van der Waals surface area contributed by atoms with Crippen LogP contribution in [-0.2, 0) is 9.53 Å². The van der Waals surface area contributed by atoms with E-state index in [9.17, 15) is 4.79 Å². The van der Waals surface area contributed by atoms with Gasteiger partial charge in [-0.3, -0.25) is 9.69 Å². The molecule has 6 nitrogen and oxygen atoms in total. The fourth-order valence-electron chi connectivity index (χ4n) is 7.68. The van der Waals surface area contributed by atoms with E-state index in [1.807, 2.05) is 13.2 Å². The first-order chi connectivity index (χ1) is 15.1. The Hall–Kier alpha value is -1.79. The number of carbonyl (C=O) groups is 1. The maximum Gasteiger partial charge on any atom is 0.264 e. The van der Waals surface area contributed by atoms with Crippen LogP contribution in [-0.4, -0.2) is 60.3 Å². The molecule has 1 amide bonds. The molecule has 1 atom stereocenters. The maximum absolute atomic E-state index is 13.6. The summed E-state index contributed by atoms with van der Waals surface area (Å²) in [7, 11) is 1.81. The minimum absolute atomic E-state index is 0.0494. The Morgan fingerprint density at radius 3 is 2.45 bits per heavy atom. The molecule has 168 valence electrons. The molecule has 4 saturated carbocycles. The summed E-state index contributed by atoms with van der Waals surface area (Å²) < 4.78 is 5.52. The van der Waals surface area contributed by atoms with Crippen LogP contribution in [0.2, 0.25) is 0 Å². The topological polar surface area (TPSA) is 56.8 Å². The number of nitrogens with zero attached hydrogens (tertiary/aromatic N) is 2. The molecule has 3 aliphatic heterocycles. The lowest BCUT2D eigenvalue weighted by molar-refractivity contribution is -0.131. The highest BCUT2D eigenvalue weighted by Gasteiger charge is 2.52. The van der Waals surface area contributed by atoms with Crippen LogP contribution in [0.3, 0.4) is 0 Å². The van der Waals surface area contributed by atoms with Crippen molar-refractivity contribution in [3.8, 4) is 0 Å². The molecule has 0 aromatic carbocycles. The highest BCUT2D eigenvalue weighted by Crippen LogP contribution is 2.55. The number of nitrogens with one attached hydrogen (secondary N) is 2. The Morgan fingerprint density at radius 2 is 1.81 bits per heavy atom. The lowest BCUT2D eigenvalue weighted by Gasteiger charge is -2.57. The number of allylic oxidation sites excluding steroid dienone is 3. The van der Waals surface area contributed by atoms with Crippen molar-refractivity contribution in [2.75, 3.05) is 26.7 Å². The summed E-state index contributed by atoms with van der Waals surface area (Å²) in [6, 6.07) is 0. The van der Waals surface area contributed by atoms with Gasteiger partial charge in [-0.05, 0) is 81.3 Å². The van der Waals surface area contributed by atoms with Crippen molar-refractivity contribution in [3.63, 3.8) is 0 Å². The minimum atomic E-state index is -0.337. The van der Waals surface area contributed by atoms with Gasteiger partial charge in [-0.2, -0.15) is 0 Å². The van der Waals surface area contributed by atoms with Gasteiger partial charge in [-0.25, -0.2) is 0 Å². The molecule has 4 bridgehead atoms. The van der Waals surface area contributed by atoms with Crippen molar-refractivity contribution in [3.05, 3.63) is 35.8 Å². The lowest BCUT2D eigenvalue weighted by atomic mass is 9.53. The predicted octanol–water partition coefficient (Wildman–Crippen LogP) is 2.71. The van der Waals surface area contributed by atoms with E-state index in [1.54, 1.807) is 0 Å². The van der Waals surface area contributed by atoms with Gasteiger partial charge >= 0.3 is 0 Å². The number of likely N-dealkylation sites (tertiary alicyclic amines) is 1. The van der Waals surface area contributed by atoms with E-state index in [1.165, 1.54) is 44.2 Å². The molecule has 31 heavy (non-hydrogen) atoms. The van der Waals surface area contributed by atoms with Crippen LogP contribution in [0, 0.1) is 17.8 Å². The average Bonchev–Trinajstić information content (AvgIpc) is 3.12. The molecule has 1 saturated heterocycles. The summed E-state index contributed by atoms with van der Waals surface area (Å²) in [4.78, 5) is 18.2. The van der Waals surface area contributed by atoms with Crippen LogP contribution in [0.4, 0.5) is 0 Å². The van der Waals surface area contributed by atoms with Crippen molar-refractivity contribution in [1.29, 1.82) is 0 Å². The summed E-state index contributed by atoms with van der Waals surface area (Å²) in [5.74, 6) is 2.65. The van der Waals surface area contributed by atoms with Gasteiger partial charge in [0, 0.05) is 38.5 Å². The Bertz CT molecular complexity index is 788. The molecule has 0 aromatic rings. The minimum Gasteiger partial charge on any atom is -0.381 e. The fourth-order valence-corrected chi connectivity index (χ4v) is 7.68. The number of hydrogen-bond donors (Lipinski definition) is 2. The third-order valence-corrected chi connectivity index (χ3v) is 8.71. The highest BCUT2D eigenvalue weighted by atomic mass is 16.5. The fraction of sp³-hybridized carbons (Fsp3) is 0.720. The van der Waals surface area contributed by atoms with Gasteiger partial charge in [0.15, 0.2) is 6.17 Å². The zero-order valence-electron chi connectivity index (χ0n) is 18.7. The second-order valence-corrected chi connectivity index (χ2v) is 10.9. The number of methoxy groups -OCH3 is 1. The van der Waals surface area contributed by atoms with Crippen LogP contribution >= 0.6 is 0 Å². The monoisotopic (exact) mass is 424 g/mol. The largest absolute Gasteiger partial charge is 0.381 e. The van der Waals surface area contributed by atoms with Crippen LogP contribution in [0.5, 0.6) is 0 Å². The van der Waals surface area contributed by atoms with Crippen molar-refractivity contribution < 1.29 is 9.53 Å². The molecule has 2 N–H and O–H groups in total. The molecule has 0 spiro atoms. The molecule has 7 rings (SSSR count). The van der Waals surface area contributed by atoms with E-state index in [-0.39, 0.29) is 17.6 Å². The standard InChI is InChI=1S/C25H36N4O2/c1-31-20-5-8-28(9-6-20)16-21-22-4-2-3-7-29(22)23(26-21)24(30)27-25-13-17-10-18(14-25)12-19(11-17)15-25/h2-4,7,17-20,23,26H,5-6,8-16H2,1H3,(H,27,30). The zero-order valence-corrected chi connectivity index (χ0v) is 18.7. The summed E-state index contributed by atoms with van der Waals surface area (Å²) in [5.41, 5.74) is 2.36. The Balaban J connectivity index is 1.15. The van der Waals surface area contributed by atoms with E-state index in [0.29, 0.717) is 6.10 Å². The van der Waals surface area contributed by atoms with Crippen molar-refractivity contribution >= 4 is 5.91 Å². The number of amides is 1. The first-order valence-electron chi connectivity index (χ1n) is 12.3. The molecular weight excluding hydrogens is 388 g/mol. The number of carbonyl (C=O) groups excluding carboxylic acids is 1. The second-order valence-electron chi connectivity index (χ2n) is 10.9. The quantitative estimate of drug-likeness (QED) is 0.711. The summed E-state index contributed by atoms with van der Waals surface area (Å²) in [6.07, 6.45) is 18.3. The molecule has 0 radical (unpaired) electrons. The van der Waals surface area contributed by atoms with Crippen LogP contribution in [0.1, 0.15) is 51.4 Å². The Kier molecular flexibility index (Phi) is 4.91. The van der Waals surface area contributed by atoms with Gasteiger partial charge in [0.2, 0.25) is 0 Å². The lowest BCUT2D eigenvalue weighted by Crippen LogP contribution is -2.63. The van der Waals surface area contributed by atoms with E-state index in [4.69, 9.17) is 4.74 Å². The molecule has 4 aliphatic carbocycles. The summed E-state index contributed by atoms with van der Waals surface area (Å²) in [6.45, 7) is 2.95. The third kappa shape index (κ3) is 3.62. The van der Waals surface area contributed by atoms with Crippen LogP contribution < -0.4 is 10.6 Å². The number of ether oxygens (including phenoxy) is 1. The smallest absolute Gasteiger partial charge is 0.264 e. The van der Waals surface area contributed by atoms with Gasteiger partial charge in [-0.15, -0.1) is 0 Å². The molecule has 0 aromatic heterocycles. The number of hydrogen-bond acceptors (Lipinski definition) is 5. The first-order valence-corrected chi connectivity index (χ1v) is 12.3. The van der Waals surface area contributed by atoms with Crippen molar-refractivity contribution in [2.45, 2.75) is 69.2 Å². The number of rotatable bonds is 5.